The molecular formula is C36H47N3O5S. The summed E-state index contributed by atoms with van der Waals surface area (Å²) in [5.41, 5.74) is 5.10. The number of carbonyl (C=O) groups is 2. The molecule has 4 aliphatic rings. The SMILES string of the molecule is CCC(=O)N[S@@]1(=O)=NC(=O)c2ccc3c(c2)N(C[C@@H]2CC[C@H]2[C@@H](OC)/C=C/CCCC1)C[C@@]1(CCCc2cc(C)ccc21)CO3. The normalized spacial score (nSPS) is 30.8. The lowest BCUT2D eigenvalue weighted by Crippen LogP contribution is -2.49. The predicted molar refractivity (Wildman–Crippen MR) is 178 cm³/mol. The van der Waals surface area contributed by atoms with Gasteiger partial charge in [-0.1, -0.05) is 42.8 Å². The van der Waals surface area contributed by atoms with E-state index in [-0.39, 0.29) is 29.6 Å². The molecule has 1 fully saturated rings. The van der Waals surface area contributed by atoms with Crippen LogP contribution in [0.15, 0.2) is 52.9 Å². The zero-order valence-corrected chi connectivity index (χ0v) is 27.7. The van der Waals surface area contributed by atoms with Gasteiger partial charge < -0.3 is 14.4 Å². The van der Waals surface area contributed by atoms with Crippen molar-refractivity contribution in [3.05, 3.63) is 70.8 Å². The lowest BCUT2D eigenvalue weighted by molar-refractivity contribution is -0.118. The van der Waals surface area contributed by atoms with Crippen molar-refractivity contribution in [2.24, 2.45) is 16.2 Å². The van der Waals surface area contributed by atoms with Crippen molar-refractivity contribution in [1.82, 2.24) is 4.72 Å². The molecule has 1 spiro atoms. The quantitative estimate of drug-likeness (QED) is 0.399. The summed E-state index contributed by atoms with van der Waals surface area (Å²) in [5, 5.41) is 0. The fourth-order valence-corrected chi connectivity index (χ4v) is 9.39. The number of benzene rings is 2. The number of ether oxygens (including phenoxy) is 2. The Kier molecular flexibility index (Phi) is 9.39. The number of carbonyl (C=O) groups excluding carboxylic acids is 2. The molecule has 2 aromatic rings. The summed E-state index contributed by atoms with van der Waals surface area (Å²) in [6.07, 6.45) is 12.2. The third-order valence-electron chi connectivity index (χ3n) is 10.3. The molecule has 0 radical (unpaired) electrons. The predicted octanol–water partition coefficient (Wildman–Crippen LogP) is 6.30. The molecule has 1 N–H and O–H groups in total. The van der Waals surface area contributed by atoms with Crippen LogP contribution in [0.2, 0.25) is 0 Å². The molecule has 2 aliphatic carbocycles. The number of aryl methyl sites for hydroxylation is 2. The number of nitrogens with zero attached hydrogens (tertiary/aromatic N) is 2. The van der Waals surface area contributed by atoms with Crippen molar-refractivity contribution in [1.29, 1.82) is 0 Å². The smallest absolute Gasteiger partial charge is 0.286 e. The number of fused-ring (bicyclic) bond motifs is 4. The van der Waals surface area contributed by atoms with Gasteiger partial charge in [-0.05, 0) is 99.5 Å². The molecular weight excluding hydrogens is 586 g/mol. The third kappa shape index (κ3) is 6.70. The van der Waals surface area contributed by atoms with E-state index in [9.17, 15) is 13.8 Å². The summed E-state index contributed by atoms with van der Waals surface area (Å²) in [6, 6.07) is 12.3. The third-order valence-corrected chi connectivity index (χ3v) is 12.1. The molecule has 2 aromatic carbocycles. The summed E-state index contributed by atoms with van der Waals surface area (Å²) in [4.78, 5) is 28.4. The number of anilines is 1. The Morgan fingerprint density at radius 1 is 1.18 bits per heavy atom. The van der Waals surface area contributed by atoms with Crippen LogP contribution >= 0.6 is 0 Å². The minimum Gasteiger partial charge on any atom is -0.490 e. The van der Waals surface area contributed by atoms with Crippen LogP contribution < -0.4 is 14.4 Å². The molecule has 0 saturated heterocycles. The van der Waals surface area contributed by atoms with Gasteiger partial charge in [-0.2, -0.15) is 0 Å². The maximum absolute atomic E-state index is 13.8. The lowest BCUT2D eigenvalue weighted by Gasteiger charge is -2.46. The van der Waals surface area contributed by atoms with E-state index in [0.29, 0.717) is 30.4 Å². The van der Waals surface area contributed by atoms with Crippen LogP contribution in [0.3, 0.4) is 0 Å². The topological polar surface area (TPSA) is 97.3 Å². The molecule has 6 rings (SSSR count). The van der Waals surface area contributed by atoms with Gasteiger partial charge in [-0.3, -0.25) is 14.3 Å². The number of methoxy groups -OCH3 is 1. The Morgan fingerprint density at radius 3 is 2.82 bits per heavy atom. The first-order chi connectivity index (χ1) is 21.7. The Bertz CT molecular complexity index is 1590. The standard InChI is InChI=1S/C36H47N3O5S/c1-4-34(40)37-45(42)19-8-6-5-7-11-32(43-3)29-15-13-28(29)22-39-23-36(18-9-10-26-20-25(2)12-16-30(26)36)24-44-33-17-14-27(21-31(33)39)35(41)38-45/h7,11-12,14,16-17,20-21,28-29,32H,4-6,8-10,13,15,18-19,22-24H2,1-3H3,(H,37,38,40,41,42)/b11-7+/t28-,29+,32-,36-,45+/m0/s1. The summed E-state index contributed by atoms with van der Waals surface area (Å²) < 4.78 is 33.2. The molecule has 2 amide bonds. The van der Waals surface area contributed by atoms with Crippen LogP contribution in [0, 0.1) is 18.8 Å². The van der Waals surface area contributed by atoms with E-state index in [1.807, 2.05) is 12.1 Å². The van der Waals surface area contributed by atoms with Gasteiger partial charge in [0, 0.05) is 37.6 Å². The van der Waals surface area contributed by atoms with E-state index < -0.39 is 15.8 Å². The average molecular weight is 634 g/mol. The summed E-state index contributed by atoms with van der Waals surface area (Å²) in [6.45, 7) is 6.03. The molecule has 8 nitrogen and oxygen atoms in total. The highest BCUT2D eigenvalue weighted by molar-refractivity contribution is 7.92. The van der Waals surface area contributed by atoms with Crippen molar-refractivity contribution in [3.8, 4) is 5.75 Å². The fourth-order valence-electron chi connectivity index (χ4n) is 7.69. The molecule has 242 valence electrons. The van der Waals surface area contributed by atoms with Crippen LogP contribution in [-0.2, 0) is 31.3 Å². The summed E-state index contributed by atoms with van der Waals surface area (Å²) in [5.74, 6) is 0.760. The monoisotopic (exact) mass is 633 g/mol. The zero-order valence-electron chi connectivity index (χ0n) is 26.9. The highest BCUT2D eigenvalue weighted by atomic mass is 32.2. The first kappa shape index (κ1) is 31.8. The largest absolute Gasteiger partial charge is 0.490 e. The Morgan fingerprint density at radius 2 is 2.04 bits per heavy atom. The first-order valence-electron chi connectivity index (χ1n) is 16.6. The molecule has 0 aromatic heterocycles. The fraction of sp³-hybridized carbons (Fsp3) is 0.556. The van der Waals surface area contributed by atoms with Crippen LogP contribution in [0.25, 0.3) is 0 Å². The van der Waals surface area contributed by atoms with Crippen LogP contribution in [0.4, 0.5) is 5.69 Å². The van der Waals surface area contributed by atoms with E-state index in [0.717, 1.165) is 69.5 Å². The van der Waals surface area contributed by atoms with Crippen molar-refractivity contribution < 1.29 is 23.3 Å². The molecule has 2 bridgehead atoms. The summed E-state index contributed by atoms with van der Waals surface area (Å²) in [7, 11) is -1.48. The number of hydrogen-bond acceptors (Lipinski definition) is 6. The van der Waals surface area contributed by atoms with Gasteiger partial charge in [0.15, 0.2) is 0 Å². The van der Waals surface area contributed by atoms with Gasteiger partial charge in [-0.15, -0.1) is 4.36 Å². The average Bonchev–Trinajstić information content (AvgIpc) is 3.16. The van der Waals surface area contributed by atoms with Gasteiger partial charge in [0.05, 0.1) is 24.2 Å². The maximum atomic E-state index is 13.8. The molecule has 45 heavy (non-hydrogen) atoms. The van der Waals surface area contributed by atoms with Crippen LogP contribution in [-0.4, -0.2) is 54.7 Å². The van der Waals surface area contributed by atoms with E-state index in [2.05, 4.69) is 51.3 Å². The van der Waals surface area contributed by atoms with Gasteiger partial charge in [0.1, 0.15) is 15.7 Å². The van der Waals surface area contributed by atoms with E-state index >= 15 is 0 Å². The molecule has 2 aliphatic heterocycles. The van der Waals surface area contributed by atoms with E-state index in [1.165, 1.54) is 16.7 Å². The number of amides is 2. The second kappa shape index (κ2) is 13.3. The van der Waals surface area contributed by atoms with Crippen molar-refractivity contribution in [3.63, 3.8) is 0 Å². The zero-order chi connectivity index (χ0) is 31.6. The van der Waals surface area contributed by atoms with Crippen LogP contribution in [0.1, 0.15) is 85.3 Å². The Balaban J connectivity index is 1.43. The molecule has 2 heterocycles. The van der Waals surface area contributed by atoms with Crippen molar-refractivity contribution >= 4 is 27.4 Å². The van der Waals surface area contributed by atoms with Gasteiger partial charge >= 0.3 is 0 Å². The van der Waals surface area contributed by atoms with Gasteiger partial charge in [0.2, 0.25) is 5.91 Å². The first-order valence-corrected chi connectivity index (χ1v) is 18.3. The minimum atomic E-state index is -3.28. The van der Waals surface area contributed by atoms with E-state index in [4.69, 9.17) is 9.47 Å². The molecule has 0 unspecified atom stereocenters. The summed E-state index contributed by atoms with van der Waals surface area (Å²) >= 11 is 0. The molecule has 1 saturated carbocycles. The van der Waals surface area contributed by atoms with Crippen molar-refractivity contribution in [2.45, 2.75) is 83.2 Å². The van der Waals surface area contributed by atoms with Crippen molar-refractivity contribution in [2.75, 3.05) is 37.5 Å². The highest BCUT2D eigenvalue weighted by Crippen LogP contribution is 2.46. The maximum Gasteiger partial charge on any atom is 0.286 e. The number of nitrogens with one attached hydrogen (secondary N) is 1. The van der Waals surface area contributed by atoms with Gasteiger partial charge in [0.25, 0.3) is 5.91 Å². The second-order valence-corrected chi connectivity index (χ2v) is 15.5. The molecule has 5 atom stereocenters. The number of allylic oxidation sites excluding steroid dienone is 1. The Labute approximate surface area is 268 Å². The number of rotatable bonds is 3. The van der Waals surface area contributed by atoms with Gasteiger partial charge in [-0.25, -0.2) is 4.21 Å². The number of hydrogen-bond donors (Lipinski definition) is 1. The Hall–Kier alpha value is -3.17. The minimum absolute atomic E-state index is 0.0328. The highest BCUT2D eigenvalue weighted by Gasteiger charge is 2.44. The van der Waals surface area contributed by atoms with Crippen LogP contribution in [0.5, 0.6) is 5.75 Å². The molecule has 9 heteroatoms. The van der Waals surface area contributed by atoms with E-state index in [1.54, 1.807) is 20.1 Å². The lowest BCUT2D eigenvalue weighted by atomic mass is 9.68. The second-order valence-electron chi connectivity index (χ2n) is 13.4.